The molecule has 1 amide bonds. The van der Waals surface area contributed by atoms with Gasteiger partial charge in [-0.1, -0.05) is 23.9 Å². The highest BCUT2D eigenvalue weighted by molar-refractivity contribution is 8.00. The zero-order chi connectivity index (χ0) is 18.8. The topological polar surface area (TPSA) is 103 Å². The minimum atomic E-state index is -4.74. The summed E-state index contributed by atoms with van der Waals surface area (Å²) in [7, 11) is 0. The Morgan fingerprint density at radius 1 is 1.32 bits per heavy atom. The van der Waals surface area contributed by atoms with Crippen molar-refractivity contribution in [2.75, 3.05) is 11.2 Å². The number of amides is 1. The molecule has 1 aromatic heterocycles. The van der Waals surface area contributed by atoms with Crippen LogP contribution in [0.1, 0.15) is 30.0 Å². The number of ketones is 1. The monoisotopic (exact) mass is 373 g/mol. The van der Waals surface area contributed by atoms with E-state index in [1.165, 1.54) is 19.9 Å². The normalized spacial score (nSPS) is 12.7. The van der Waals surface area contributed by atoms with Gasteiger partial charge < -0.3 is 11.2 Å². The lowest BCUT2D eigenvalue weighted by atomic mass is 10.1. The van der Waals surface area contributed by atoms with Crippen molar-refractivity contribution in [3.8, 4) is 0 Å². The number of nitrogens with zero attached hydrogens (tertiary/aromatic N) is 3. The molecule has 0 unspecified atom stereocenters. The molecule has 2 rings (SSSR count). The Kier molecular flexibility index (Phi) is 5.36. The van der Waals surface area contributed by atoms with Gasteiger partial charge in [0.25, 0.3) is 5.82 Å². The van der Waals surface area contributed by atoms with Gasteiger partial charge in [0, 0.05) is 11.3 Å². The lowest BCUT2D eigenvalue weighted by molar-refractivity contribution is -0.146. The smallest absolute Gasteiger partial charge is 0.335 e. The molecule has 1 heterocycles. The second kappa shape index (κ2) is 7.13. The SMILES string of the molecule is CC(=O)c1cccc(NC(=O)[C@H](C)Sc2nnc(C(F)(F)F)n2N)c1. The second-order valence-electron chi connectivity index (χ2n) is 5.06. The molecular weight excluding hydrogens is 359 g/mol. The van der Waals surface area contributed by atoms with Gasteiger partial charge in [-0.15, -0.1) is 10.2 Å². The van der Waals surface area contributed by atoms with Crippen molar-refractivity contribution in [1.29, 1.82) is 0 Å². The average Bonchev–Trinajstić information content (AvgIpc) is 2.88. The summed E-state index contributed by atoms with van der Waals surface area (Å²) >= 11 is 0.730. The van der Waals surface area contributed by atoms with Gasteiger partial charge >= 0.3 is 6.18 Å². The number of rotatable bonds is 5. The third-order valence-corrected chi connectivity index (χ3v) is 4.16. The number of nitrogens with one attached hydrogen (secondary N) is 1. The molecule has 0 saturated carbocycles. The van der Waals surface area contributed by atoms with Crippen LogP contribution < -0.4 is 11.2 Å². The van der Waals surface area contributed by atoms with E-state index in [4.69, 9.17) is 5.84 Å². The van der Waals surface area contributed by atoms with Crippen molar-refractivity contribution < 1.29 is 22.8 Å². The summed E-state index contributed by atoms with van der Waals surface area (Å²) < 4.78 is 38.2. The maximum absolute atomic E-state index is 12.6. The lowest BCUT2D eigenvalue weighted by Gasteiger charge is -2.12. The summed E-state index contributed by atoms with van der Waals surface area (Å²) in [6, 6.07) is 6.31. The van der Waals surface area contributed by atoms with E-state index >= 15 is 0 Å². The summed E-state index contributed by atoms with van der Waals surface area (Å²) in [6.45, 7) is 2.88. The van der Waals surface area contributed by atoms with E-state index in [2.05, 4.69) is 15.5 Å². The number of carbonyl (C=O) groups is 2. The zero-order valence-electron chi connectivity index (χ0n) is 13.2. The van der Waals surface area contributed by atoms with Crippen LogP contribution in [0.25, 0.3) is 0 Å². The Hall–Kier alpha value is -2.56. The molecule has 2 aromatic rings. The van der Waals surface area contributed by atoms with Gasteiger partial charge in [-0.25, -0.2) is 4.68 Å². The number of Topliss-reactive ketones (excluding diaryl/α,β-unsaturated/α-hetero) is 1. The van der Waals surface area contributed by atoms with E-state index in [1.54, 1.807) is 18.2 Å². The predicted molar refractivity (Wildman–Crippen MR) is 85.6 cm³/mol. The molecule has 0 aliphatic rings. The van der Waals surface area contributed by atoms with Crippen LogP contribution in [-0.2, 0) is 11.0 Å². The quantitative estimate of drug-likeness (QED) is 0.474. The van der Waals surface area contributed by atoms with E-state index in [9.17, 15) is 22.8 Å². The molecular formula is C14H14F3N5O2S. The van der Waals surface area contributed by atoms with Crippen LogP contribution in [0.5, 0.6) is 0 Å². The number of nitrogen functional groups attached to an aromatic ring is 1. The number of nitrogens with two attached hydrogens (primary N) is 1. The molecule has 0 bridgehead atoms. The number of benzene rings is 1. The van der Waals surface area contributed by atoms with Gasteiger partial charge in [-0.05, 0) is 26.0 Å². The number of thioether (sulfide) groups is 1. The minimum Gasteiger partial charge on any atom is -0.335 e. The van der Waals surface area contributed by atoms with Crippen LogP contribution in [0.3, 0.4) is 0 Å². The van der Waals surface area contributed by atoms with Crippen molar-refractivity contribution in [2.45, 2.75) is 30.4 Å². The summed E-state index contributed by atoms with van der Waals surface area (Å²) in [4.78, 5) is 23.5. The predicted octanol–water partition coefficient (Wildman–Crippen LogP) is 2.33. The van der Waals surface area contributed by atoms with Crippen LogP contribution >= 0.6 is 11.8 Å². The van der Waals surface area contributed by atoms with Gasteiger partial charge in [0.2, 0.25) is 11.1 Å². The Labute approximate surface area is 144 Å². The molecule has 0 fully saturated rings. The van der Waals surface area contributed by atoms with Gasteiger partial charge in [0.1, 0.15) is 0 Å². The van der Waals surface area contributed by atoms with Crippen molar-refractivity contribution in [3.05, 3.63) is 35.7 Å². The van der Waals surface area contributed by atoms with Gasteiger partial charge in [-0.2, -0.15) is 13.2 Å². The zero-order valence-corrected chi connectivity index (χ0v) is 14.0. The third-order valence-electron chi connectivity index (χ3n) is 3.11. The molecule has 25 heavy (non-hydrogen) atoms. The number of hydrogen-bond donors (Lipinski definition) is 2. The summed E-state index contributed by atoms with van der Waals surface area (Å²) in [6.07, 6.45) is -4.74. The minimum absolute atomic E-state index is 0.158. The van der Waals surface area contributed by atoms with Gasteiger partial charge in [0.15, 0.2) is 5.78 Å². The number of carbonyl (C=O) groups excluding carboxylic acids is 2. The number of hydrogen-bond acceptors (Lipinski definition) is 6. The Bertz CT molecular complexity index is 806. The van der Waals surface area contributed by atoms with Crippen LogP contribution in [0.15, 0.2) is 29.4 Å². The first kappa shape index (κ1) is 18.8. The molecule has 0 aliphatic carbocycles. The number of anilines is 1. The lowest BCUT2D eigenvalue weighted by Crippen LogP contribution is -2.25. The maximum Gasteiger partial charge on any atom is 0.453 e. The molecule has 0 saturated heterocycles. The van der Waals surface area contributed by atoms with E-state index in [0.29, 0.717) is 15.9 Å². The average molecular weight is 373 g/mol. The van der Waals surface area contributed by atoms with Crippen molar-refractivity contribution in [3.63, 3.8) is 0 Å². The first-order chi connectivity index (χ1) is 11.6. The largest absolute Gasteiger partial charge is 0.453 e. The molecule has 0 radical (unpaired) electrons. The molecule has 1 atom stereocenters. The van der Waals surface area contributed by atoms with Crippen molar-refractivity contribution in [1.82, 2.24) is 14.9 Å². The van der Waals surface area contributed by atoms with Crippen LogP contribution in [0.2, 0.25) is 0 Å². The second-order valence-corrected chi connectivity index (χ2v) is 6.37. The van der Waals surface area contributed by atoms with Gasteiger partial charge in [-0.3, -0.25) is 9.59 Å². The highest BCUT2D eigenvalue weighted by Crippen LogP contribution is 2.30. The first-order valence-electron chi connectivity index (χ1n) is 6.96. The molecule has 1 aromatic carbocycles. The van der Waals surface area contributed by atoms with E-state index in [1.807, 2.05) is 0 Å². The summed E-state index contributed by atoms with van der Waals surface area (Å²) in [5.41, 5.74) is 0.824. The fourth-order valence-electron chi connectivity index (χ4n) is 1.82. The molecule has 0 spiro atoms. The number of halogens is 3. The first-order valence-corrected chi connectivity index (χ1v) is 7.83. The standard InChI is InChI=1S/C14H14F3N5O2S/c1-7(23)9-4-3-5-10(6-9)19-11(24)8(2)25-13-21-20-12(22(13)18)14(15,16)17/h3-6,8H,18H2,1-2H3,(H,19,24)/t8-/m0/s1. The Balaban J connectivity index is 2.07. The van der Waals surface area contributed by atoms with Crippen molar-refractivity contribution in [2.24, 2.45) is 0 Å². The highest BCUT2D eigenvalue weighted by Gasteiger charge is 2.38. The van der Waals surface area contributed by atoms with Crippen LogP contribution in [-0.4, -0.2) is 31.8 Å². The maximum atomic E-state index is 12.6. The number of alkyl halides is 3. The fraction of sp³-hybridized carbons (Fsp3) is 0.286. The third kappa shape index (κ3) is 4.50. The van der Waals surface area contributed by atoms with E-state index < -0.39 is 23.2 Å². The van der Waals surface area contributed by atoms with E-state index in [0.717, 1.165) is 11.8 Å². The molecule has 134 valence electrons. The molecule has 7 nitrogen and oxygen atoms in total. The Morgan fingerprint density at radius 2 is 2.00 bits per heavy atom. The van der Waals surface area contributed by atoms with Crippen LogP contribution in [0, 0.1) is 0 Å². The Morgan fingerprint density at radius 3 is 2.56 bits per heavy atom. The molecule has 0 aliphatic heterocycles. The van der Waals surface area contributed by atoms with Gasteiger partial charge in [0.05, 0.1) is 5.25 Å². The molecule has 3 N–H and O–H groups in total. The molecule has 11 heteroatoms. The van der Waals surface area contributed by atoms with Crippen LogP contribution in [0.4, 0.5) is 18.9 Å². The fourth-order valence-corrected chi connectivity index (χ4v) is 2.59. The number of aromatic nitrogens is 3. The summed E-state index contributed by atoms with van der Waals surface area (Å²) in [5.74, 6) is 3.33. The van der Waals surface area contributed by atoms with E-state index in [-0.39, 0.29) is 10.9 Å². The van der Waals surface area contributed by atoms with Crippen molar-refractivity contribution >= 4 is 29.1 Å². The summed E-state index contributed by atoms with van der Waals surface area (Å²) in [5, 5.41) is 7.88. The highest BCUT2D eigenvalue weighted by atomic mass is 32.2.